The van der Waals surface area contributed by atoms with Crippen molar-refractivity contribution < 1.29 is 5.11 Å². The quantitative estimate of drug-likeness (QED) is 0.650. The minimum atomic E-state index is -0.409. The van der Waals surface area contributed by atoms with Crippen LogP contribution in [0.3, 0.4) is 0 Å². The summed E-state index contributed by atoms with van der Waals surface area (Å²) in [5.74, 6) is -0.128. The minimum Gasteiger partial charge on any atom is -0.494 e. The van der Waals surface area contributed by atoms with E-state index in [9.17, 15) is 9.90 Å². The number of piperidine rings is 1. The van der Waals surface area contributed by atoms with Crippen molar-refractivity contribution in [1.82, 2.24) is 14.6 Å². The average molecular weight is 282 g/mol. The second-order valence-electron chi connectivity index (χ2n) is 4.50. The van der Waals surface area contributed by atoms with Gasteiger partial charge in [-0.25, -0.2) is 0 Å². The third kappa shape index (κ3) is 3.04. The van der Waals surface area contributed by atoms with E-state index < -0.39 is 5.56 Å². The maximum Gasteiger partial charge on any atom is 0.264 e. The highest BCUT2D eigenvalue weighted by atomic mass is 32.1. The Morgan fingerprint density at radius 2 is 2.11 bits per heavy atom. The Hall–Kier alpha value is -1.63. The van der Waals surface area contributed by atoms with Crippen LogP contribution < -0.4 is 5.56 Å². The summed E-state index contributed by atoms with van der Waals surface area (Å²) in [6.07, 6.45) is 4.86. The van der Waals surface area contributed by atoms with Crippen LogP contribution in [0.15, 0.2) is 9.90 Å². The summed E-state index contributed by atoms with van der Waals surface area (Å²) in [5.41, 5.74) is -0.256. The summed E-state index contributed by atoms with van der Waals surface area (Å²) in [6.45, 7) is 4.12. The van der Waals surface area contributed by atoms with Gasteiger partial charge in [-0.05, 0) is 38.4 Å². The fourth-order valence-electron chi connectivity index (χ4n) is 2.12. The van der Waals surface area contributed by atoms with Crippen molar-refractivity contribution in [2.75, 3.05) is 13.1 Å². The highest BCUT2D eigenvalue weighted by molar-refractivity contribution is 7.71. The number of aromatic nitrogens is 2. The third-order valence-electron chi connectivity index (χ3n) is 3.21. The Morgan fingerprint density at radius 3 is 2.74 bits per heavy atom. The van der Waals surface area contributed by atoms with Crippen LogP contribution in [0.1, 0.15) is 31.7 Å². The zero-order valence-electron chi connectivity index (χ0n) is 10.9. The third-order valence-corrected chi connectivity index (χ3v) is 3.53. The molecule has 0 aromatic carbocycles. The van der Waals surface area contributed by atoms with Crippen LogP contribution in [0.25, 0.3) is 0 Å². The summed E-state index contributed by atoms with van der Waals surface area (Å²) < 4.78 is 1.69. The standard InChI is InChI=1S/C12H18N4O2S/c1-2-16-11(18)9(10(17)14-12(16)19)8-13-15-6-4-3-5-7-15/h8,18H,2-7H2,1H3,(H,14,17,19). The van der Waals surface area contributed by atoms with E-state index >= 15 is 0 Å². The molecular weight excluding hydrogens is 264 g/mol. The first-order chi connectivity index (χ1) is 9.13. The second-order valence-corrected chi connectivity index (χ2v) is 4.89. The molecule has 1 fully saturated rings. The monoisotopic (exact) mass is 282 g/mol. The molecule has 1 aliphatic heterocycles. The van der Waals surface area contributed by atoms with Gasteiger partial charge in [0.05, 0.1) is 6.21 Å². The van der Waals surface area contributed by atoms with Crippen LogP contribution in [0, 0.1) is 4.77 Å². The highest BCUT2D eigenvalue weighted by Gasteiger charge is 2.11. The molecule has 2 N–H and O–H groups in total. The molecule has 1 aromatic heterocycles. The number of hydrazone groups is 1. The number of hydrogen-bond donors (Lipinski definition) is 2. The smallest absolute Gasteiger partial charge is 0.264 e. The highest BCUT2D eigenvalue weighted by Crippen LogP contribution is 2.12. The first-order valence-electron chi connectivity index (χ1n) is 6.48. The first-order valence-corrected chi connectivity index (χ1v) is 6.89. The van der Waals surface area contributed by atoms with Crippen molar-refractivity contribution in [2.45, 2.75) is 32.7 Å². The lowest BCUT2D eigenvalue weighted by atomic mass is 10.2. The minimum absolute atomic E-state index is 0.128. The predicted molar refractivity (Wildman–Crippen MR) is 76.2 cm³/mol. The number of aromatic amines is 1. The molecule has 104 valence electrons. The van der Waals surface area contributed by atoms with Gasteiger partial charge < -0.3 is 5.11 Å². The molecule has 0 radical (unpaired) electrons. The Balaban J connectivity index is 2.31. The van der Waals surface area contributed by atoms with E-state index in [0.29, 0.717) is 6.54 Å². The molecule has 6 nitrogen and oxygen atoms in total. The number of nitrogens with zero attached hydrogens (tertiary/aromatic N) is 3. The summed E-state index contributed by atoms with van der Waals surface area (Å²) in [4.78, 5) is 14.3. The van der Waals surface area contributed by atoms with Gasteiger partial charge in [0.1, 0.15) is 5.56 Å². The van der Waals surface area contributed by atoms with Crippen LogP contribution in [-0.2, 0) is 6.54 Å². The molecule has 0 amide bonds. The Kier molecular flexibility index (Phi) is 4.36. The van der Waals surface area contributed by atoms with E-state index in [-0.39, 0.29) is 16.2 Å². The fourth-order valence-corrected chi connectivity index (χ4v) is 2.43. The van der Waals surface area contributed by atoms with Crippen LogP contribution in [0.5, 0.6) is 5.88 Å². The molecule has 0 aliphatic carbocycles. The van der Waals surface area contributed by atoms with E-state index in [2.05, 4.69) is 10.1 Å². The Morgan fingerprint density at radius 1 is 1.42 bits per heavy atom. The largest absolute Gasteiger partial charge is 0.494 e. The number of rotatable bonds is 3. The Labute approximate surface area is 116 Å². The summed E-state index contributed by atoms with van der Waals surface area (Å²) >= 11 is 4.99. The van der Waals surface area contributed by atoms with Crippen LogP contribution in [0.4, 0.5) is 0 Å². The van der Waals surface area contributed by atoms with Gasteiger partial charge in [-0.15, -0.1) is 0 Å². The molecule has 0 spiro atoms. The average Bonchev–Trinajstić information content (AvgIpc) is 2.39. The number of hydrogen-bond acceptors (Lipinski definition) is 5. The number of aromatic hydroxyl groups is 1. The van der Waals surface area contributed by atoms with Gasteiger partial charge in [0.25, 0.3) is 5.56 Å². The van der Waals surface area contributed by atoms with Crippen molar-refractivity contribution in [3.05, 3.63) is 20.7 Å². The Bertz CT molecular complexity index is 584. The molecular formula is C12H18N4O2S. The molecule has 7 heteroatoms. The van der Waals surface area contributed by atoms with Gasteiger partial charge in [0, 0.05) is 19.6 Å². The zero-order valence-corrected chi connectivity index (χ0v) is 11.7. The number of nitrogens with one attached hydrogen (secondary N) is 1. The maximum absolute atomic E-state index is 11.8. The van der Waals surface area contributed by atoms with Gasteiger partial charge in [0.2, 0.25) is 5.88 Å². The molecule has 2 heterocycles. The summed E-state index contributed by atoms with van der Waals surface area (Å²) in [6, 6.07) is 0. The van der Waals surface area contributed by atoms with Crippen molar-refractivity contribution in [3.8, 4) is 5.88 Å². The molecule has 0 bridgehead atoms. The first kappa shape index (κ1) is 13.8. The number of H-pyrrole nitrogens is 1. The van der Waals surface area contributed by atoms with Gasteiger partial charge in [-0.2, -0.15) is 5.10 Å². The van der Waals surface area contributed by atoms with Crippen molar-refractivity contribution in [2.24, 2.45) is 5.10 Å². The molecule has 1 aliphatic rings. The normalized spacial score (nSPS) is 16.2. The summed E-state index contributed by atoms with van der Waals surface area (Å²) in [5, 5.41) is 16.2. The van der Waals surface area contributed by atoms with Crippen molar-refractivity contribution in [3.63, 3.8) is 0 Å². The zero-order chi connectivity index (χ0) is 13.8. The van der Waals surface area contributed by atoms with Crippen LogP contribution >= 0.6 is 12.2 Å². The lowest BCUT2D eigenvalue weighted by Crippen LogP contribution is -2.25. The van der Waals surface area contributed by atoms with Crippen molar-refractivity contribution in [1.29, 1.82) is 0 Å². The van der Waals surface area contributed by atoms with Gasteiger partial charge in [-0.1, -0.05) is 0 Å². The van der Waals surface area contributed by atoms with Gasteiger partial charge >= 0.3 is 0 Å². The van der Waals surface area contributed by atoms with Crippen molar-refractivity contribution >= 4 is 18.4 Å². The van der Waals surface area contributed by atoms with E-state index in [1.54, 1.807) is 0 Å². The fraction of sp³-hybridized carbons (Fsp3) is 0.583. The molecule has 0 atom stereocenters. The molecule has 2 rings (SSSR count). The van der Waals surface area contributed by atoms with E-state index in [0.717, 1.165) is 25.9 Å². The SMILES string of the molecule is CCn1c(O)c(C=NN2CCCCC2)c(=O)[nH]c1=S. The lowest BCUT2D eigenvalue weighted by Gasteiger charge is -2.23. The predicted octanol–water partition coefficient (Wildman–Crippen LogP) is 1.45. The van der Waals surface area contributed by atoms with E-state index in [4.69, 9.17) is 12.2 Å². The van der Waals surface area contributed by atoms with Crippen LogP contribution in [0.2, 0.25) is 0 Å². The second kappa shape index (κ2) is 6.01. The van der Waals surface area contributed by atoms with Gasteiger partial charge in [0.15, 0.2) is 4.77 Å². The van der Waals surface area contributed by atoms with Crippen LogP contribution in [-0.4, -0.2) is 39.0 Å². The molecule has 0 saturated carbocycles. The van der Waals surface area contributed by atoms with E-state index in [1.165, 1.54) is 17.2 Å². The molecule has 1 aromatic rings. The lowest BCUT2D eigenvalue weighted by molar-refractivity contribution is 0.240. The summed E-state index contributed by atoms with van der Waals surface area (Å²) in [7, 11) is 0. The maximum atomic E-state index is 11.8. The topological polar surface area (TPSA) is 73.6 Å². The van der Waals surface area contributed by atoms with Gasteiger partial charge in [-0.3, -0.25) is 19.4 Å². The molecule has 0 unspecified atom stereocenters. The van der Waals surface area contributed by atoms with E-state index in [1.807, 2.05) is 11.9 Å². The molecule has 19 heavy (non-hydrogen) atoms. The molecule has 1 saturated heterocycles.